The number of piperidine rings is 1. The van der Waals surface area contributed by atoms with Crippen LogP contribution in [0.1, 0.15) is 39.0 Å². The van der Waals surface area contributed by atoms with Gasteiger partial charge in [-0.15, -0.1) is 0 Å². The van der Waals surface area contributed by atoms with Gasteiger partial charge in [-0.25, -0.2) is 0 Å². The molecule has 0 atom stereocenters. The Labute approximate surface area is 101 Å². The topological polar surface area (TPSA) is 24.5 Å². The minimum Gasteiger partial charge on any atom is -0.378 e. The van der Waals surface area contributed by atoms with Gasteiger partial charge >= 0.3 is 0 Å². The van der Waals surface area contributed by atoms with Gasteiger partial charge in [-0.3, -0.25) is 0 Å². The molecule has 0 spiro atoms. The molecule has 0 saturated carbocycles. The predicted octanol–water partition coefficient (Wildman–Crippen LogP) is 1.88. The van der Waals surface area contributed by atoms with Crippen LogP contribution in [0.4, 0.5) is 0 Å². The largest absolute Gasteiger partial charge is 0.378 e. The maximum Gasteiger partial charge on any atom is 0.0599 e. The van der Waals surface area contributed by atoms with Crippen LogP contribution >= 0.6 is 0 Å². The molecule has 1 aliphatic heterocycles. The molecule has 1 N–H and O–H groups in total. The van der Waals surface area contributed by atoms with E-state index in [2.05, 4.69) is 24.2 Å². The van der Waals surface area contributed by atoms with Crippen molar-refractivity contribution in [3.63, 3.8) is 0 Å². The maximum atomic E-state index is 5.89. The zero-order valence-corrected chi connectivity index (χ0v) is 11.0. The fourth-order valence-electron chi connectivity index (χ4n) is 2.11. The molecule has 0 aliphatic carbocycles. The summed E-state index contributed by atoms with van der Waals surface area (Å²) in [6.07, 6.45) is 6.76. The fraction of sp³-hybridized carbons (Fsp3) is 1.00. The standard InChI is InChI=1S/C13H28N2O/c1-3-14-9-5-4-6-12-16-13-7-10-15(2)11-8-13/h13-14H,3-12H2,1-2H3. The quantitative estimate of drug-likeness (QED) is 0.642. The van der Waals surface area contributed by atoms with Gasteiger partial charge in [0.25, 0.3) is 0 Å². The Bertz CT molecular complexity index is 156. The first-order valence-electron chi connectivity index (χ1n) is 6.83. The zero-order valence-electron chi connectivity index (χ0n) is 11.0. The summed E-state index contributed by atoms with van der Waals surface area (Å²) in [6, 6.07) is 0. The van der Waals surface area contributed by atoms with Crippen LogP contribution in [-0.2, 0) is 4.74 Å². The van der Waals surface area contributed by atoms with Gasteiger partial charge in [-0.1, -0.05) is 6.92 Å². The Morgan fingerprint density at radius 3 is 2.62 bits per heavy atom. The van der Waals surface area contributed by atoms with E-state index in [0.717, 1.165) is 19.7 Å². The molecule has 0 aromatic rings. The first-order chi connectivity index (χ1) is 7.83. The number of likely N-dealkylation sites (tertiary alicyclic amines) is 1. The minimum absolute atomic E-state index is 0.532. The van der Waals surface area contributed by atoms with Gasteiger partial charge in [0.2, 0.25) is 0 Å². The Morgan fingerprint density at radius 2 is 1.94 bits per heavy atom. The van der Waals surface area contributed by atoms with Crippen LogP contribution in [-0.4, -0.2) is 50.8 Å². The molecule has 0 aromatic heterocycles. The van der Waals surface area contributed by atoms with Crippen LogP contribution in [0.3, 0.4) is 0 Å². The van der Waals surface area contributed by atoms with E-state index in [1.54, 1.807) is 0 Å². The van der Waals surface area contributed by atoms with Gasteiger partial charge in [-0.2, -0.15) is 0 Å². The molecule has 0 bridgehead atoms. The van der Waals surface area contributed by atoms with Gasteiger partial charge in [0, 0.05) is 19.7 Å². The van der Waals surface area contributed by atoms with Gasteiger partial charge < -0.3 is 15.0 Å². The van der Waals surface area contributed by atoms with E-state index >= 15 is 0 Å². The van der Waals surface area contributed by atoms with Gasteiger partial charge in [0.15, 0.2) is 0 Å². The first kappa shape index (κ1) is 13.9. The van der Waals surface area contributed by atoms with Gasteiger partial charge in [0.1, 0.15) is 0 Å². The average Bonchev–Trinajstić information content (AvgIpc) is 2.30. The van der Waals surface area contributed by atoms with Crippen molar-refractivity contribution in [3.8, 4) is 0 Å². The molecule has 0 aromatic carbocycles. The zero-order chi connectivity index (χ0) is 11.6. The summed E-state index contributed by atoms with van der Waals surface area (Å²) in [5.41, 5.74) is 0. The molecule has 1 aliphatic rings. The molecule has 1 fully saturated rings. The Hall–Kier alpha value is -0.120. The third-order valence-corrected chi connectivity index (χ3v) is 3.27. The highest BCUT2D eigenvalue weighted by atomic mass is 16.5. The normalized spacial score (nSPS) is 19.1. The van der Waals surface area contributed by atoms with Crippen LogP contribution in [0.5, 0.6) is 0 Å². The number of hydrogen-bond acceptors (Lipinski definition) is 3. The molecule has 1 rings (SSSR count). The molecular weight excluding hydrogens is 200 g/mol. The molecule has 16 heavy (non-hydrogen) atoms. The van der Waals surface area contributed by atoms with E-state index in [9.17, 15) is 0 Å². The highest BCUT2D eigenvalue weighted by molar-refractivity contribution is 4.69. The van der Waals surface area contributed by atoms with Crippen molar-refractivity contribution in [1.29, 1.82) is 0 Å². The van der Waals surface area contributed by atoms with Crippen molar-refractivity contribution in [2.24, 2.45) is 0 Å². The Balaban J connectivity index is 1.84. The number of unbranched alkanes of at least 4 members (excludes halogenated alkanes) is 2. The monoisotopic (exact) mass is 228 g/mol. The third kappa shape index (κ3) is 6.46. The lowest BCUT2D eigenvalue weighted by atomic mass is 10.1. The van der Waals surface area contributed by atoms with Crippen LogP contribution in [0.25, 0.3) is 0 Å². The summed E-state index contributed by atoms with van der Waals surface area (Å²) < 4.78 is 5.89. The summed E-state index contributed by atoms with van der Waals surface area (Å²) in [4.78, 5) is 2.39. The molecule has 0 amide bonds. The summed E-state index contributed by atoms with van der Waals surface area (Å²) in [5, 5.41) is 3.35. The minimum atomic E-state index is 0.532. The third-order valence-electron chi connectivity index (χ3n) is 3.27. The highest BCUT2D eigenvalue weighted by Crippen LogP contribution is 2.12. The SMILES string of the molecule is CCNCCCCCOC1CCN(C)CC1. The van der Waals surface area contributed by atoms with Crippen molar-refractivity contribution in [1.82, 2.24) is 10.2 Å². The van der Waals surface area contributed by atoms with Crippen LogP contribution in [0, 0.1) is 0 Å². The molecule has 1 heterocycles. The van der Waals surface area contributed by atoms with Crippen molar-refractivity contribution in [2.45, 2.75) is 45.1 Å². The van der Waals surface area contributed by atoms with Crippen molar-refractivity contribution >= 4 is 0 Å². The number of rotatable bonds is 8. The van der Waals surface area contributed by atoms with Gasteiger partial charge in [-0.05, 0) is 52.2 Å². The maximum absolute atomic E-state index is 5.89. The highest BCUT2D eigenvalue weighted by Gasteiger charge is 2.16. The van der Waals surface area contributed by atoms with E-state index < -0.39 is 0 Å². The fourth-order valence-corrected chi connectivity index (χ4v) is 2.11. The van der Waals surface area contributed by atoms with E-state index in [1.165, 1.54) is 45.2 Å². The second-order valence-electron chi connectivity index (χ2n) is 4.79. The summed E-state index contributed by atoms with van der Waals surface area (Å²) in [5.74, 6) is 0. The number of nitrogens with one attached hydrogen (secondary N) is 1. The Kier molecular flexibility index (Phi) is 7.81. The van der Waals surface area contributed by atoms with E-state index in [0.29, 0.717) is 6.10 Å². The van der Waals surface area contributed by atoms with Crippen molar-refractivity contribution in [2.75, 3.05) is 39.8 Å². The molecule has 0 radical (unpaired) electrons. The second-order valence-corrected chi connectivity index (χ2v) is 4.79. The van der Waals surface area contributed by atoms with Crippen LogP contribution in [0.2, 0.25) is 0 Å². The molecule has 3 heteroatoms. The molecule has 1 saturated heterocycles. The summed E-state index contributed by atoms with van der Waals surface area (Å²) in [7, 11) is 2.19. The Morgan fingerprint density at radius 1 is 1.19 bits per heavy atom. The van der Waals surface area contributed by atoms with Gasteiger partial charge in [0.05, 0.1) is 6.10 Å². The molecule has 96 valence electrons. The lowest BCUT2D eigenvalue weighted by molar-refractivity contribution is 0.0108. The van der Waals surface area contributed by atoms with Crippen molar-refractivity contribution < 1.29 is 4.74 Å². The van der Waals surface area contributed by atoms with Crippen LogP contribution < -0.4 is 5.32 Å². The molecule has 3 nitrogen and oxygen atoms in total. The first-order valence-corrected chi connectivity index (χ1v) is 6.83. The van der Waals surface area contributed by atoms with E-state index in [4.69, 9.17) is 4.74 Å². The number of hydrogen-bond donors (Lipinski definition) is 1. The van der Waals surface area contributed by atoms with Crippen molar-refractivity contribution in [3.05, 3.63) is 0 Å². The molecular formula is C13H28N2O. The summed E-state index contributed by atoms with van der Waals surface area (Å²) >= 11 is 0. The lowest BCUT2D eigenvalue weighted by Crippen LogP contribution is -2.34. The van der Waals surface area contributed by atoms with Crippen LogP contribution in [0.15, 0.2) is 0 Å². The average molecular weight is 228 g/mol. The smallest absolute Gasteiger partial charge is 0.0599 e. The van der Waals surface area contributed by atoms with E-state index in [-0.39, 0.29) is 0 Å². The number of nitrogens with zero attached hydrogens (tertiary/aromatic N) is 1. The summed E-state index contributed by atoms with van der Waals surface area (Å²) in [6.45, 7) is 7.76. The number of ether oxygens (including phenoxy) is 1. The predicted molar refractivity (Wildman–Crippen MR) is 68.9 cm³/mol. The van der Waals surface area contributed by atoms with E-state index in [1.807, 2.05) is 0 Å². The lowest BCUT2D eigenvalue weighted by Gasteiger charge is -2.28. The molecule has 0 unspecified atom stereocenters. The second kappa shape index (κ2) is 8.97.